The van der Waals surface area contributed by atoms with Gasteiger partial charge < -0.3 is 9.47 Å². The van der Waals surface area contributed by atoms with Crippen LogP contribution in [-0.2, 0) is 0 Å². The van der Waals surface area contributed by atoms with Gasteiger partial charge in [-0.2, -0.15) is 0 Å². The fourth-order valence-electron chi connectivity index (χ4n) is 1.24. The summed E-state index contributed by atoms with van der Waals surface area (Å²) in [7, 11) is 3.09. The summed E-state index contributed by atoms with van der Waals surface area (Å²) in [6, 6.07) is 5.04. The van der Waals surface area contributed by atoms with E-state index in [4.69, 9.17) is 9.47 Å². The lowest BCUT2D eigenvalue weighted by Gasteiger charge is -2.07. The van der Waals surface area contributed by atoms with Crippen LogP contribution in [-0.4, -0.2) is 20.0 Å². The molecular weight excluding hydrogens is 204 g/mol. The molecule has 0 amide bonds. The van der Waals surface area contributed by atoms with Gasteiger partial charge in [-0.3, -0.25) is 4.79 Å². The van der Waals surface area contributed by atoms with Gasteiger partial charge >= 0.3 is 0 Å². The van der Waals surface area contributed by atoms with Gasteiger partial charge in [-0.1, -0.05) is 18.7 Å². The second kappa shape index (κ2) is 5.75. The van der Waals surface area contributed by atoms with E-state index in [1.807, 2.05) is 0 Å². The summed E-state index contributed by atoms with van der Waals surface area (Å²) in [5, 5.41) is 0. The van der Waals surface area contributed by atoms with Crippen LogP contribution < -0.4 is 9.47 Å². The number of ether oxygens (including phenoxy) is 2. The van der Waals surface area contributed by atoms with Gasteiger partial charge in [0.25, 0.3) is 0 Å². The van der Waals surface area contributed by atoms with Crippen LogP contribution in [0.1, 0.15) is 10.4 Å². The fraction of sp³-hybridized carbons (Fsp3) is 0.154. The van der Waals surface area contributed by atoms with E-state index in [1.165, 1.54) is 13.2 Å². The van der Waals surface area contributed by atoms with E-state index in [1.54, 1.807) is 37.5 Å². The van der Waals surface area contributed by atoms with E-state index in [0.717, 1.165) is 0 Å². The van der Waals surface area contributed by atoms with Crippen LogP contribution in [0.2, 0.25) is 0 Å². The molecule has 0 bridgehead atoms. The monoisotopic (exact) mass is 218 g/mol. The highest BCUT2D eigenvalue weighted by Gasteiger charge is 2.07. The molecule has 0 atom stereocenters. The summed E-state index contributed by atoms with van der Waals surface area (Å²) in [6.07, 6.45) is 4.60. The zero-order valence-electron chi connectivity index (χ0n) is 9.40. The predicted octanol–water partition coefficient (Wildman–Crippen LogP) is 2.63. The lowest BCUT2D eigenvalue weighted by atomic mass is 10.1. The summed E-state index contributed by atoms with van der Waals surface area (Å²) in [5.74, 6) is 1.05. The van der Waals surface area contributed by atoms with Crippen LogP contribution in [0.3, 0.4) is 0 Å². The average molecular weight is 218 g/mol. The molecule has 3 heteroatoms. The first kappa shape index (κ1) is 12.0. The summed E-state index contributed by atoms with van der Waals surface area (Å²) < 4.78 is 10.2. The van der Waals surface area contributed by atoms with Crippen molar-refractivity contribution in [1.29, 1.82) is 0 Å². The lowest BCUT2D eigenvalue weighted by Crippen LogP contribution is -1.97. The van der Waals surface area contributed by atoms with Crippen LogP contribution in [0.4, 0.5) is 0 Å². The molecule has 1 rings (SSSR count). The summed E-state index contributed by atoms with van der Waals surface area (Å²) in [6.45, 7) is 3.50. The van der Waals surface area contributed by atoms with Crippen LogP contribution in [0.25, 0.3) is 0 Å². The Hall–Kier alpha value is -2.03. The molecule has 0 aromatic heterocycles. The third-order valence-electron chi connectivity index (χ3n) is 2.05. The van der Waals surface area contributed by atoms with Gasteiger partial charge in [0.1, 0.15) is 0 Å². The number of hydrogen-bond acceptors (Lipinski definition) is 3. The van der Waals surface area contributed by atoms with Crippen molar-refractivity contribution in [2.24, 2.45) is 0 Å². The number of carbonyl (C=O) groups excluding carboxylic acids is 1. The van der Waals surface area contributed by atoms with Crippen molar-refractivity contribution in [3.8, 4) is 11.5 Å². The highest BCUT2D eigenvalue weighted by molar-refractivity contribution is 6.05. The Bertz CT molecular complexity index is 419. The molecule has 0 fully saturated rings. The number of ketones is 1. The first-order chi connectivity index (χ1) is 7.72. The van der Waals surface area contributed by atoms with Crippen molar-refractivity contribution in [2.75, 3.05) is 14.2 Å². The van der Waals surface area contributed by atoms with Crippen molar-refractivity contribution >= 4 is 5.78 Å². The summed E-state index contributed by atoms with van der Waals surface area (Å²) in [4.78, 5) is 11.6. The Morgan fingerprint density at radius 3 is 2.50 bits per heavy atom. The van der Waals surface area contributed by atoms with Crippen molar-refractivity contribution in [3.63, 3.8) is 0 Å². The minimum absolute atomic E-state index is 0.0964. The van der Waals surface area contributed by atoms with Gasteiger partial charge in [0.2, 0.25) is 0 Å². The van der Waals surface area contributed by atoms with E-state index >= 15 is 0 Å². The highest BCUT2D eigenvalue weighted by atomic mass is 16.5. The molecule has 3 nitrogen and oxygen atoms in total. The fourth-order valence-corrected chi connectivity index (χ4v) is 1.24. The number of hydrogen-bond donors (Lipinski definition) is 0. The molecule has 0 unspecified atom stereocenters. The summed E-state index contributed by atoms with van der Waals surface area (Å²) >= 11 is 0. The maximum absolute atomic E-state index is 11.6. The Kier molecular flexibility index (Phi) is 4.33. The van der Waals surface area contributed by atoms with E-state index in [-0.39, 0.29) is 5.78 Å². The van der Waals surface area contributed by atoms with Crippen molar-refractivity contribution < 1.29 is 14.3 Å². The molecule has 0 aliphatic rings. The molecule has 1 aromatic carbocycles. The normalized spacial score (nSPS) is 10.1. The highest BCUT2D eigenvalue weighted by Crippen LogP contribution is 2.27. The van der Waals surface area contributed by atoms with E-state index in [9.17, 15) is 4.79 Å². The average Bonchev–Trinajstić information content (AvgIpc) is 2.34. The van der Waals surface area contributed by atoms with Gasteiger partial charge in [0, 0.05) is 5.56 Å². The van der Waals surface area contributed by atoms with Gasteiger partial charge in [-0.15, -0.1) is 0 Å². The maximum Gasteiger partial charge on any atom is 0.185 e. The smallest absolute Gasteiger partial charge is 0.185 e. The maximum atomic E-state index is 11.6. The second-order valence-corrected chi connectivity index (χ2v) is 3.03. The minimum atomic E-state index is -0.0964. The first-order valence-corrected chi connectivity index (χ1v) is 4.78. The third kappa shape index (κ3) is 2.73. The number of benzene rings is 1. The largest absolute Gasteiger partial charge is 0.493 e. The predicted molar refractivity (Wildman–Crippen MR) is 63.2 cm³/mol. The van der Waals surface area contributed by atoms with Crippen molar-refractivity contribution in [2.45, 2.75) is 0 Å². The van der Waals surface area contributed by atoms with Gasteiger partial charge in [-0.25, -0.2) is 0 Å². The quantitative estimate of drug-likeness (QED) is 0.433. The van der Waals surface area contributed by atoms with Crippen LogP contribution in [0, 0.1) is 0 Å². The standard InChI is InChI=1S/C13H14O3/c1-4-5-6-11(14)10-7-8-12(15-2)13(9-10)16-3/h4-9H,1H2,2-3H3. The molecule has 0 spiro atoms. The zero-order valence-corrected chi connectivity index (χ0v) is 9.40. The molecule has 16 heavy (non-hydrogen) atoms. The number of carbonyl (C=O) groups is 1. The van der Waals surface area contributed by atoms with Crippen LogP contribution >= 0.6 is 0 Å². The lowest BCUT2D eigenvalue weighted by molar-refractivity contribution is 0.104. The third-order valence-corrected chi connectivity index (χ3v) is 2.05. The van der Waals surface area contributed by atoms with Crippen molar-refractivity contribution in [1.82, 2.24) is 0 Å². The molecular formula is C13H14O3. The number of allylic oxidation sites excluding steroid dienone is 3. The Labute approximate surface area is 95.0 Å². The van der Waals surface area contributed by atoms with Gasteiger partial charge in [-0.05, 0) is 24.3 Å². The second-order valence-electron chi connectivity index (χ2n) is 3.03. The molecule has 84 valence electrons. The zero-order chi connectivity index (χ0) is 12.0. The number of rotatable bonds is 5. The van der Waals surface area contributed by atoms with E-state index in [0.29, 0.717) is 17.1 Å². The van der Waals surface area contributed by atoms with E-state index in [2.05, 4.69) is 6.58 Å². The van der Waals surface area contributed by atoms with E-state index < -0.39 is 0 Å². The molecule has 0 radical (unpaired) electrons. The van der Waals surface area contributed by atoms with Crippen molar-refractivity contribution in [3.05, 3.63) is 48.6 Å². The topological polar surface area (TPSA) is 35.5 Å². The minimum Gasteiger partial charge on any atom is -0.493 e. The Balaban J connectivity index is 3.03. The summed E-state index contributed by atoms with van der Waals surface area (Å²) in [5.41, 5.74) is 0.552. The molecule has 0 aliphatic heterocycles. The van der Waals surface area contributed by atoms with Crippen LogP contribution in [0.5, 0.6) is 11.5 Å². The Morgan fingerprint density at radius 1 is 1.25 bits per heavy atom. The molecule has 0 N–H and O–H groups in total. The van der Waals surface area contributed by atoms with Gasteiger partial charge in [0.05, 0.1) is 14.2 Å². The Morgan fingerprint density at radius 2 is 1.94 bits per heavy atom. The SMILES string of the molecule is C=CC=CC(=O)c1ccc(OC)c(OC)c1. The molecule has 0 saturated heterocycles. The molecule has 0 aliphatic carbocycles. The van der Waals surface area contributed by atoms with Gasteiger partial charge in [0.15, 0.2) is 17.3 Å². The molecule has 1 aromatic rings. The molecule has 0 saturated carbocycles. The first-order valence-electron chi connectivity index (χ1n) is 4.78. The van der Waals surface area contributed by atoms with Crippen LogP contribution in [0.15, 0.2) is 43.0 Å². The molecule has 0 heterocycles. The number of methoxy groups -OCH3 is 2.